The Hall–Kier alpha value is -1.49. The maximum absolute atomic E-state index is 11.3. The second-order valence-corrected chi connectivity index (χ2v) is 6.97. The molecule has 26 heavy (non-hydrogen) atoms. The van der Waals surface area contributed by atoms with Crippen LogP contribution in [0.15, 0.2) is 11.4 Å². The molecule has 0 radical (unpaired) electrons. The van der Waals surface area contributed by atoms with Crippen LogP contribution >= 0.6 is 11.3 Å². The Bertz CT molecular complexity index is 607. The second kappa shape index (κ2) is 10.0. The summed E-state index contributed by atoms with van der Waals surface area (Å²) < 4.78 is 31.7. The lowest BCUT2D eigenvalue weighted by atomic mass is 10.1. The van der Waals surface area contributed by atoms with E-state index in [1.807, 2.05) is 6.07 Å². The lowest BCUT2D eigenvalue weighted by Gasteiger charge is -2.39. The van der Waals surface area contributed by atoms with Gasteiger partial charge < -0.3 is 15.1 Å². The minimum Gasteiger partial charge on any atom is -0.475 e. The molecule has 6 nitrogen and oxygen atoms in total. The smallest absolute Gasteiger partial charge is 0.475 e. The Morgan fingerprint density at radius 3 is 2.42 bits per heavy atom. The highest BCUT2D eigenvalue weighted by molar-refractivity contribution is 7.12. The second-order valence-electron chi connectivity index (χ2n) is 6.06. The molecule has 10 heteroatoms. The number of halogens is 3. The maximum atomic E-state index is 11.3. The number of carbonyl (C=O) groups excluding carboxylic acids is 1. The molecule has 0 aliphatic carbocycles. The molecule has 2 heterocycles. The number of hydrogen-bond donors (Lipinski definition) is 2. The molecule has 2 N–H and O–H groups in total. The average Bonchev–Trinajstić information content (AvgIpc) is 2.99. The summed E-state index contributed by atoms with van der Waals surface area (Å²) in [7, 11) is 2.12. The van der Waals surface area contributed by atoms with Gasteiger partial charge in [0.15, 0.2) is 5.78 Å². The zero-order valence-corrected chi connectivity index (χ0v) is 15.4. The van der Waals surface area contributed by atoms with Gasteiger partial charge in [0.25, 0.3) is 0 Å². The SMILES string of the molecule is CC(=O)c1cc(CN2CCN(C)C(CCO)C2)cs1.O=C(O)C(F)(F)F. The summed E-state index contributed by atoms with van der Waals surface area (Å²) >= 11 is 1.53. The first-order valence-corrected chi connectivity index (χ1v) is 8.84. The number of thiophene rings is 1. The highest BCUT2D eigenvalue weighted by Crippen LogP contribution is 2.19. The van der Waals surface area contributed by atoms with E-state index in [1.165, 1.54) is 16.9 Å². The van der Waals surface area contributed by atoms with Gasteiger partial charge in [0.05, 0.1) is 4.88 Å². The summed E-state index contributed by atoms with van der Waals surface area (Å²) in [6, 6.07) is 2.44. The molecule has 1 unspecified atom stereocenters. The highest BCUT2D eigenvalue weighted by Gasteiger charge is 2.38. The van der Waals surface area contributed by atoms with Gasteiger partial charge in [-0.05, 0) is 37.4 Å². The number of alkyl halides is 3. The van der Waals surface area contributed by atoms with Crippen LogP contribution in [-0.4, -0.2) is 77.3 Å². The van der Waals surface area contributed by atoms with Crippen LogP contribution in [0.3, 0.4) is 0 Å². The Balaban J connectivity index is 0.000000412. The molecule has 1 atom stereocenters. The molecule has 1 aliphatic heterocycles. The van der Waals surface area contributed by atoms with E-state index >= 15 is 0 Å². The van der Waals surface area contributed by atoms with Gasteiger partial charge in [0.2, 0.25) is 0 Å². The Labute approximate surface area is 153 Å². The number of carboxylic acid groups (broad SMARTS) is 1. The van der Waals surface area contributed by atoms with Crippen LogP contribution in [0.2, 0.25) is 0 Å². The van der Waals surface area contributed by atoms with Crippen LogP contribution in [0.5, 0.6) is 0 Å². The van der Waals surface area contributed by atoms with Crippen molar-refractivity contribution in [2.45, 2.75) is 32.1 Å². The zero-order chi connectivity index (χ0) is 19.9. The van der Waals surface area contributed by atoms with E-state index in [-0.39, 0.29) is 12.4 Å². The van der Waals surface area contributed by atoms with Crippen molar-refractivity contribution in [2.24, 2.45) is 0 Å². The third-order valence-electron chi connectivity index (χ3n) is 3.97. The maximum Gasteiger partial charge on any atom is 0.490 e. The molecule has 148 valence electrons. The van der Waals surface area contributed by atoms with Crippen LogP contribution in [-0.2, 0) is 11.3 Å². The molecule has 0 saturated carbocycles. The molecule has 1 saturated heterocycles. The summed E-state index contributed by atoms with van der Waals surface area (Å²) in [5.41, 5.74) is 1.22. The fourth-order valence-electron chi connectivity index (χ4n) is 2.52. The summed E-state index contributed by atoms with van der Waals surface area (Å²) in [6.45, 7) is 5.83. The highest BCUT2D eigenvalue weighted by atomic mass is 32.1. The van der Waals surface area contributed by atoms with Gasteiger partial charge in [0, 0.05) is 38.8 Å². The van der Waals surface area contributed by atoms with Gasteiger partial charge in [-0.25, -0.2) is 4.79 Å². The van der Waals surface area contributed by atoms with Crippen molar-refractivity contribution in [2.75, 3.05) is 33.3 Å². The van der Waals surface area contributed by atoms with Crippen molar-refractivity contribution in [1.82, 2.24) is 9.80 Å². The minimum absolute atomic E-state index is 0.146. The van der Waals surface area contributed by atoms with Gasteiger partial charge in [0.1, 0.15) is 0 Å². The first-order valence-electron chi connectivity index (χ1n) is 7.96. The van der Waals surface area contributed by atoms with E-state index in [1.54, 1.807) is 6.92 Å². The van der Waals surface area contributed by atoms with E-state index in [9.17, 15) is 18.0 Å². The van der Waals surface area contributed by atoms with Crippen LogP contribution < -0.4 is 0 Å². The van der Waals surface area contributed by atoms with Gasteiger partial charge in [-0.15, -0.1) is 11.3 Å². The predicted octanol–water partition coefficient (Wildman–Crippen LogP) is 2.08. The van der Waals surface area contributed by atoms with Gasteiger partial charge >= 0.3 is 12.1 Å². The average molecular weight is 396 g/mol. The Kier molecular flexibility index (Phi) is 8.68. The molecule has 1 aromatic heterocycles. The van der Waals surface area contributed by atoms with Gasteiger partial charge in [-0.3, -0.25) is 9.69 Å². The summed E-state index contributed by atoms with van der Waals surface area (Å²) in [5, 5.41) is 18.3. The van der Waals surface area contributed by atoms with Crippen LogP contribution in [0, 0.1) is 0 Å². The molecule has 1 aliphatic rings. The topological polar surface area (TPSA) is 81.1 Å². The molecule has 2 rings (SSSR count). The number of carboxylic acids is 1. The molecular weight excluding hydrogens is 373 g/mol. The number of hydrogen-bond acceptors (Lipinski definition) is 6. The Morgan fingerprint density at radius 2 is 1.96 bits per heavy atom. The van der Waals surface area contributed by atoms with E-state index in [0.29, 0.717) is 6.04 Å². The fraction of sp³-hybridized carbons (Fsp3) is 0.625. The lowest BCUT2D eigenvalue weighted by molar-refractivity contribution is -0.192. The molecule has 0 aromatic carbocycles. The van der Waals surface area contributed by atoms with E-state index in [2.05, 4.69) is 22.2 Å². The third-order valence-corrected chi connectivity index (χ3v) is 5.05. The number of ketones is 1. The van der Waals surface area contributed by atoms with Crippen molar-refractivity contribution in [1.29, 1.82) is 0 Å². The zero-order valence-electron chi connectivity index (χ0n) is 14.6. The molecule has 0 spiro atoms. The van der Waals surface area contributed by atoms with Crippen molar-refractivity contribution in [3.8, 4) is 0 Å². The predicted molar refractivity (Wildman–Crippen MR) is 91.4 cm³/mol. The minimum atomic E-state index is -5.08. The van der Waals surface area contributed by atoms with Crippen LogP contribution in [0.1, 0.15) is 28.6 Å². The third kappa shape index (κ3) is 7.40. The number of carbonyl (C=O) groups is 2. The van der Waals surface area contributed by atoms with Gasteiger partial charge in [-0.2, -0.15) is 13.2 Å². The molecule has 0 bridgehead atoms. The lowest BCUT2D eigenvalue weighted by Crippen LogP contribution is -2.51. The summed E-state index contributed by atoms with van der Waals surface area (Å²) in [4.78, 5) is 25.8. The Morgan fingerprint density at radius 1 is 1.35 bits per heavy atom. The van der Waals surface area contributed by atoms with Crippen molar-refractivity contribution < 1.29 is 33.0 Å². The fourth-order valence-corrected chi connectivity index (χ4v) is 3.32. The van der Waals surface area contributed by atoms with E-state index in [4.69, 9.17) is 15.0 Å². The van der Waals surface area contributed by atoms with Gasteiger partial charge in [-0.1, -0.05) is 0 Å². The molecular formula is C16H23F3N2O4S. The number of nitrogens with zero attached hydrogens (tertiary/aromatic N) is 2. The van der Waals surface area contributed by atoms with Crippen molar-refractivity contribution in [3.63, 3.8) is 0 Å². The number of aliphatic carboxylic acids is 1. The van der Waals surface area contributed by atoms with Crippen LogP contribution in [0.25, 0.3) is 0 Å². The van der Waals surface area contributed by atoms with Crippen molar-refractivity contribution >= 4 is 23.1 Å². The number of piperazine rings is 1. The molecule has 1 aromatic rings. The first kappa shape index (κ1) is 22.6. The number of aliphatic hydroxyl groups is 1. The standard InChI is InChI=1S/C14H22N2O2S.C2HF3O2/c1-11(18)14-7-12(10-19-14)8-16-5-4-15(2)13(9-16)3-6-17;3-2(4,5)1(6)7/h7,10,13,17H,3-6,8-9H2,1-2H3;(H,6,7). The normalized spacial score (nSPS) is 18.9. The van der Waals surface area contributed by atoms with E-state index in [0.717, 1.165) is 37.5 Å². The monoisotopic (exact) mass is 396 g/mol. The van der Waals surface area contributed by atoms with Crippen LogP contribution in [0.4, 0.5) is 13.2 Å². The summed E-state index contributed by atoms with van der Waals surface area (Å²) in [5.74, 6) is -2.61. The molecule has 1 fully saturated rings. The number of rotatable bonds is 5. The summed E-state index contributed by atoms with van der Waals surface area (Å²) in [6.07, 6.45) is -4.25. The quantitative estimate of drug-likeness (QED) is 0.742. The number of likely N-dealkylation sites (N-methyl/N-ethyl adjacent to an activating group) is 1. The first-order chi connectivity index (χ1) is 12.0. The number of aliphatic hydroxyl groups excluding tert-OH is 1. The number of Topliss-reactive ketones (excluding diaryl/α,β-unsaturated/α-hetero) is 1. The van der Waals surface area contributed by atoms with Crippen molar-refractivity contribution in [3.05, 3.63) is 21.9 Å². The molecule has 0 amide bonds. The van der Waals surface area contributed by atoms with E-state index < -0.39 is 12.1 Å². The largest absolute Gasteiger partial charge is 0.490 e.